The maximum atomic E-state index is 13.4. The van der Waals surface area contributed by atoms with Gasteiger partial charge >= 0.3 is 6.16 Å². The van der Waals surface area contributed by atoms with E-state index in [1.165, 1.54) is 6.92 Å². The van der Waals surface area contributed by atoms with Gasteiger partial charge < -0.3 is 14.2 Å². The van der Waals surface area contributed by atoms with Gasteiger partial charge in [0.2, 0.25) is 34.8 Å². The Labute approximate surface area is 109 Å². The van der Waals surface area contributed by atoms with Gasteiger partial charge in [-0.15, -0.1) is 0 Å². The normalized spacial score (nSPS) is 21.6. The molecule has 0 amide bonds. The van der Waals surface area contributed by atoms with E-state index in [4.69, 9.17) is 4.74 Å². The summed E-state index contributed by atoms with van der Waals surface area (Å²) in [4.78, 5) is 10.8. The molecule has 0 aliphatic carbocycles. The van der Waals surface area contributed by atoms with E-state index in [9.17, 15) is 26.7 Å². The topological polar surface area (TPSA) is 44.8 Å². The highest BCUT2D eigenvalue weighted by molar-refractivity contribution is 5.62. The van der Waals surface area contributed by atoms with E-state index in [1.54, 1.807) is 0 Å². The van der Waals surface area contributed by atoms with E-state index in [2.05, 4.69) is 9.47 Å². The van der Waals surface area contributed by atoms with Crippen molar-refractivity contribution in [2.24, 2.45) is 0 Å². The van der Waals surface area contributed by atoms with Crippen LogP contribution in [0.2, 0.25) is 0 Å². The van der Waals surface area contributed by atoms with Crippen LogP contribution in [-0.4, -0.2) is 18.5 Å². The van der Waals surface area contributed by atoms with Crippen LogP contribution >= 0.6 is 0 Å². The molecule has 9 heteroatoms. The average Bonchev–Trinajstić information content (AvgIpc) is 2.81. The number of benzene rings is 1. The minimum atomic E-state index is -2.31. The third-order valence-corrected chi connectivity index (χ3v) is 2.68. The molecular formula is C11H7F5O4. The fourth-order valence-electron chi connectivity index (χ4n) is 1.54. The van der Waals surface area contributed by atoms with Gasteiger partial charge in [0.05, 0.1) is 0 Å². The summed E-state index contributed by atoms with van der Waals surface area (Å²) in [5.74, 6) is -14.4. The van der Waals surface area contributed by atoms with Crippen LogP contribution in [0.25, 0.3) is 0 Å². The maximum Gasteiger partial charge on any atom is 0.512 e. The molecule has 20 heavy (non-hydrogen) atoms. The molecule has 1 unspecified atom stereocenters. The molecule has 1 aromatic rings. The number of ether oxygens (including phenoxy) is 3. The highest BCUT2D eigenvalue weighted by atomic mass is 19.2. The van der Waals surface area contributed by atoms with Crippen LogP contribution in [0.1, 0.15) is 13.3 Å². The second-order valence-corrected chi connectivity index (χ2v) is 3.91. The van der Waals surface area contributed by atoms with Crippen LogP contribution in [0.4, 0.5) is 26.7 Å². The Morgan fingerprint density at radius 1 is 1.05 bits per heavy atom. The number of carbonyl (C=O) groups is 1. The first-order valence-corrected chi connectivity index (χ1v) is 5.37. The Morgan fingerprint density at radius 2 is 1.55 bits per heavy atom. The first kappa shape index (κ1) is 14.4. The van der Waals surface area contributed by atoms with E-state index in [0.717, 1.165) is 0 Å². The zero-order valence-corrected chi connectivity index (χ0v) is 9.94. The maximum absolute atomic E-state index is 13.4. The monoisotopic (exact) mass is 298 g/mol. The van der Waals surface area contributed by atoms with Crippen LogP contribution in [-0.2, 0) is 9.47 Å². The molecule has 1 atom stereocenters. The molecule has 0 spiro atoms. The molecule has 0 radical (unpaired) electrons. The summed E-state index contributed by atoms with van der Waals surface area (Å²) in [7, 11) is 0. The number of rotatable bonds is 3. The molecular weight excluding hydrogens is 291 g/mol. The van der Waals surface area contributed by atoms with Crippen LogP contribution in [0.15, 0.2) is 0 Å². The van der Waals surface area contributed by atoms with Crippen molar-refractivity contribution in [3.05, 3.63) is 29.1 Å². The van der Waals surface area contributed by atoms with Crippen LogP contribution < -0.4 is 4.74 Å². The van der Waals surface area contributed by atoms with Crippen molar-refractivity contribution in [1.82, 2.24) is 0 Å². The summed E-state index contributed by atoms with van der Waals surface area (Å²) in [6.45, 7) is 0.871. The van der Waals surface area contributed by atoms with Gasteiger partial charge in [-0.05, 0) is 0 Å². The Hall–Kier alpha value is -2.06. The van der Waals surface area contributed by atoms with Crippen molar-refractivity contribution < 1.29 is 41.0 Å². The van der Waals surface area contributed by atoms with Crippen molar-refractivity contribution in [1.29, 1.82) is 0 Å². The summed E-state index contributed by atoms with van der Waals surface area (Å²) >= 11 is 0. The molecule has 2 rings (SSSR count). The van der Waals surface area contributed by atoms with E-state index < -0.39 is 53.4 Å². The molecule has 0 N–H and O–H groups in total. The lowest BCUT2D eigenvalue weighted by atomic mass is 10.2. The third-order valence-electron chi connectivity index (χ3n) is 2.68. The van der Waals surface area contributed by atoms with Crippen LogP contribution in [0.3, 0.4) is 0 Å². The Balaban J connectivity index is 2.46. The predicted molar refractivity (Wildman–Crippen MR) is 52.3 cm³/mol. The smallest absolute Gasteiger partial charge is 0.442 e. The van der Waals surface area contributed by atoms with Crippen LogP contribution in [0, 0.1) is 29.1 Å². The van der Waals surface area contributed by atoms with Gasteiger partial charge in [-0.2, -0.15) is 8.78 Å². The van der Waals surface area contributed by atoms with Crippen molar-refractivity contribution in [3.63, 3.8) is 0 Å². The highest BCUT2D eigenvalue weighted by Gasteiger charge is 2.45. The molecule has 1 fully saturated rings. The summed E-state index contributed by atoms with van der Waals surface area (Å²) in [5.41, 5.74) is 0. The van der Waals surface area contributed by atoms with Gasteiger partial charge in [-0.25, -0.2) is 18.0 Å². The molecule has 0 bridgehead atoms. The van der Waals surface area contributed by atoms with Gasteiger partial charge in [0.25, 0.3) is 5.79 Å². The molecule has 1 heterocycles. The second-order valence-electron chi connectivity index (χ2n) is 3.91. The van der Waals surface area contributed by atoms with Crippen molar-refractivity contribution in [3.8, 4) is 5.75 Å². The molecule has 1 aliphatic rings. The number of cyclic esters (lactones) is 2. The molecule has 0 aromatic heterocycles. The van der Waals surface area contributed by atoms with Crippen LogP contribution in [0.5, 0.6) is 5.75 Å². The second kappa shape index (κ2) is 4.80. The number of halogens is 5. The van der Waals surface area contributed by atoms with E-state index in [1.807, 2.05) is 0 Å². The molecule has 4 nitrogen and oxygen atoms in total. The van der Waals surface area contributed by atoms with Gasteiger partial charge in [-0.1, -0.05) is 6.92 Å². The first-order chi connectivity index (χ1) is 9.31. The average molecular weight is 298 g/mol. The summed E-state index contributed by atoms with van der Waals surface area (Å²) in [6.07, 6.45) is -1.30. The summed E-state index contributed by atoms with van der Waals surface area (Å²) in [5, 5.41) is 0. The van der Waals surface area contributed by atoms with Crippen molar-refractivity contribution in [2.45, 2.75) is 19.1 Å². The number of carbonyl (C=O) groups excluding carboxylic acids is 1. The Kier molecular flexibility index (Phi) is 3.45. The molecule has 1 saturated heterocycles. The molecule has 110 valence electrons. The molecule has 1 aliphatic heterocycles. The van der Waals surface area contributed by atoms with Gasteiger partial charge in [0.15, 0.2) is 6.61 Å². The van der Waals surface area contributed by atoms with Gasteiger partial charge in [0.1, 0.15) is 0 Å². The standard InChI is InChI=1S/C11H7F5O4/c1-2-11(3-18-10(17)20-11)19-9-7(15)5(13)4(12)6(14)8(9)16/h2-3H2,1H3. The van der Waals surface area contributed by atoms with Crippen molar-refractivity contribution in [2.75, 3.05) is 6.61 Å². The summed E-state index contributed by atoms with van der Waals surface area (Å²) < 4.78 is 79.4. The van der Waals surface area contributed by atoms with E-state index in [-0.39, 0.29) is 6.42 Å². The highest BCUT2D eigenvalue weighted by Crippen LogP contribution is 2.34. The fraction of sp³-hybridized carbons (Fsp3) is 0.364. The SMILES string of the molecule is CCC1(Oc2c(F)c(F)c(F)c(F)c2F)COC(=O)O1. The zero-order valence-electron chi connectivity index (χ0n) is 9.94. The minimum absolute atomic E-state index is 0.127. The third kappa shape index (κ3) is 2.12. The fourth-order valence-corrected chi connectivity index (χ4v) is 1.54. The molecule has 0 saturated carbocycles. The zero-order chi connectivity index (χ0) is 15.1. The van der Waals surface area contributed by atoms with E-state index in [0.29, 0.717) is 0 Å². The largest absolute Gasteiger partial charge is 0.512 e. The quantitative estimate of drug-likeness (QED) is 0.372. The minimum Gasteiger partial charge on any atom is -0.442 e. The van der Waals surface area contributed by atoms with E-state index >= 15 is 0 Å². The Bertz CT molecular complexity index is 547. The first-order valence-electron chi connectivity index (χ1n) is 5.37. The lowest BCUT2D eigenvalue weighted by molar-refractivity contribution is -0.116. The summed E-state index contributed by atoms with van der Waals surface area (Å²) in [6, 6.07) is 0. The predicted octanol–water partition coefficient (Wildman–Crippen LogP) is 3.03. The van der Waals surface area contributed by atoms with Gasteiger partial charge in [-0.3, -0.25) is 0 Å². The number of hydrogen-bond donors (Lipinski definition) is 0. The Morgan fingerprint density at radius 3 is 1.95 bits per heavy atom. The molecule has 1 aromatic carbocycles. The number of hydrogen-bond acceptors (Lipinski definition) is 4. The lowest BCUT2D eigenvalue weighted by Crippen LogP contribution is -2.38. The van der Waals surface area contributed by atoms with Crippen molar-refractivity contribution >= 4 is 6.16 Å². The lowest BCUT2D eigenvalue weighted by Gasteiger charge is -2.25. The van der Waals surface area contributed by atoms with Gasteiger partial charge in [0, 0.05) is 6.42 Å².